The number of alkyl carbamates (subject to hydrolysis) is 2. The number of rotatable bonds is 10. The van der Waals surface area contributed by atoms with Crippen molar-refractivity contribution >= 4 is 45.8 Å². The zero-order chi connectivity index (χ0) is 43.1. The third-order valence-corrected chi connectivity index (χ3v) is 13.1. The number of nitrogens with one attached hydrogen (secondary N) is 4. The number of imidazole rings is 2. The van der Waals surface area contributed by atoms with Crippen molar-refractivity contribution in [3.63, 3.8) is 0 Å². The Morgan fingerprint density at radius 3 is 2.11 bits per heavy atom. The van der Waals surface area contributed by atoms with E-state index in [1.54, 1.807) is 0 Å². The molecule has 1 aliphatic carbocycles. The first-order chi connectivity index (χ1) is 29.4. The number of carbonyl (C=O) groups excluding carboxylic acids is 4. The van der Waals surface area contributed by atoms with Gasteiger partial charge in [-0.05, 0) is 110 Å². The lowest BCUT2D eigenvalue weighted by atomic mass is 9.82. The molecule has 2 fully saturated rings. The Hall–Kier alpha value is -5.92. The topological polar surface area (TPSA) is 175 Å². The summed E-state index contributed by atoms with van der Waals surface area (Å²) in [5, 5.41) is 7.64. The van der Waals surface area contributed by atoms with Gasteiger partial charge in [0.25, 0.3) is 0 Å². The average molecular weight is 831 g/mol. The maximum Gasteiger partial charge on any atom is 0.407 e. The third-order valence-electron chi connectivity index (χ3n) is 13.1. The first kappa shape index (κ1) is 41.8. The van der Waals surface area contributed by atoms with Crippen LogP contribution in [0.5, 0.6) is 0 Å². The van der Waals surface area contributed by atoms with Crippen LogP contribution < -0.4 is 10.6 Å². The number of fused-ring (bicyclic) bond motifs is 4. The van der Waals surface area contributed by atoms with E-state index in [1.807, 2.05) is 49.8 Å². The standard InChI is InChI=1S/C47H58N8O6/c1-25(2)39(52-46(58)60-6)44(56)54-22-10-13-37(54)42-48-24-36(50-42)34-19-18-30(32-11-8-9-12-33(32)34)28-15-17-31-29(23-28)16-20-35-41(31)51-43(49-35)38-21-14-27(5)55(38)45(57)40(26(3)4)53-47(59)61-7/h15-20,23-27,37-40H,8-14,21-22H2,1-7H3,(H,48,50)(H,49,51)(H,52,58)(H,53,59)/t27-,37-,38-,39-,40-/m0/s1. The summed E-state index contributed by atoms with van der Waals surface area (Å²) in [6, 6.07) is 13.4. The Morgan fingerprint density at radius 1 is 0.754 bits per heavy atom. The maximum atomic E-state index is 14.0. The highest BCUT2D eigenvalue weighted by Gasteiger charge is 2.42. The normalized spacial score (nSPS) is 20.0. The molecule has 61 heavy (non-hydrogen) atoms. The second-order valence-corrected chi connectivity index (χ2v) is 17.6. The highest BCUT2D eigenvalue weighted by Crippen LogP contribution is 2.41. The second-order valence-electron chi connectivity index (χ2n) is 17.6. The first-order valence-corrected chi connectivity index (χ1v) is 21.8. The molecule has 2 aliphatic heterocycles. The van der Waals surface area contributed by atoms with Crippen LogP contribution in [0.4, 0.5) is 9.59 Å². The van der Waals surface area contributed by atoms with Crippen molar-refractivity contribution in [2.45, 2.75) is 116 Å². The van der Waals surface area contributed by atoms with E-state index in [2.05, 4.69) is 63.9 Å². The van der Waals surface area contributed by atoms with Crippen LogP contribution in [0, 0.1) is 11.8 Å². The highest BCUT2D eigenvalue weighted by atomic mass is 16.5. The molecule has 0 spiro atoms. The number of H-pyrrole nitrogens is 2. The summed E-state index contributed by atoms with van der Waals surface area (Å²) in [7, 11) is 2.61. The molecule has 2 aromatic heterocycles. The van der Waals surface area contributed by atoms with Crippen LogP contribution in [0.15, 0.2) is 48.7 Å². The Kier molecular flexibility index (Phi) is 11.8. The van der Waals surface area contributed by atoms with Crippen molar-refractivity contribution in [3.05, 3.63) is 71.4 Å². The van der Waals surface area contributed by atoms with Crippen LogP contribution in [0.25, 0.3) is 44.2 Å². The number of ether oxygens (including phenoxy) is 2. The number of amides is 4. The fourth-order valence-corrected chi connectivity index (χ4v) is 9.86. The first-order valence-electron chi connectivity index (χ1n) is 21.8. The lowest BCUT2D eigenvalue weighted by Gasteiger charge is -2.32. The summed E-state index contributed by atoms with van der Waals surface area (Å²) in [6.45, 7) is 10.3. The van der Waals surface area contributed by atoms with Crippen LogP contribution in [-0.2, 0) is 31.9 Å². The van der Waals surface area contributed by atoms with E-state index in [-0.39, 0.29) is 41.8 Å². The summed E-state index contributed by atoms with van der Waals surface area (Å²) < 4.78 is 9.64. The summed E-state index contributed by atoms with van der Waals surface area (Å²) >= 11 is 0. The van der Waals surface area contributed by atoms with Crippen LogP contribution in [0.3, 0.4) is 0 Å². The molecular weight excluding hydrogens is 773 g/mol. The molecule has 0 bridgehead atoms. The number of benzene rings is 3. The Balaban J connectivity index is 1.06. The molecule has 14 nitrogen and oxygen atoms in total. The summed E-state index contributed by atoms with van der Waals surface area (Å²) in [5.41, 5.74) is 8.94. The van der Waals surface area contributed by atoms with Crippen LogP contribution >= 0.6 is 0 Å². The lowest BCUT2D eigenvalue weighted by molar-refractivity contribution is -0.137. The molecule has 4 heterocycles. The molecule has 322 valence electrons. The van der Waals surface area contributed by atoms with Gasteiger partial charge in [-0.15, -0.1) is 0 Å². The fourth-order valence-electron chi connectivity index (χ4n) is 9.86. The summed E-state index contributed by atoms with van der Waals surface area (Å²) in [4.78, 5) is 72.8. The zero-order valence-corrected chi connectivity index (χ0v) is 36.3. The van der Waals surface area contributed by atoms with Crippen LogP contribution in [-0.4, -0.2) is 92.6 Å². The summed E-state index contributed by atoms with van der Waals surface area (Å²) in [6.07, 6.45) is 8.10. The van der Waals surface area contributed by atoms with Gasteiger partial charge in [-0.25, -0.2) is 19.6 Å². The van der Waals surface area contributed by atoms with E-state index >= 15 is 0 Å². The number of aromatic amines is 2. The molecule has 5 aromatic rings. The predicted octanol–water partition coefficient (Wildman–Crippen LogP) is 8.13. The fraction of sp³-hybridized carbons (Fsp3) is 0.489. The minimum Gasteiger partial charge on any atom is -0.453 e. The van der Waals surface area contributed by atoms with Crippen molar-refractivity contribution in [2.24, 2.45) is 11.8 Å². The van der Waals surface area contributed by atoms with Crippen molar-refractivity contribution < 1.29 is 28.7 Å². The number of hydrogen-bond donors (Lipinski definition) is 4. The molecule has 4 N–H and O–H groups in total. The maximum absolute atomic E-state index is 14.0. The number of carbonyl (C=O) groups is 4. The van der Waals surface area contributed by atoms with Gasteiger partial charge in [0.15, 0.2) is 0 Å². The number of likely N-dealkylation sites (tertiary alicyclic amines) is 2. The van der Waals surface area contributed by atoms with Gasteiger partial charge >= 0.3 is 12.2 Å². The quantitative estimate of drug-likeness (QED) is 0.109. The van der Waals surface area contributed by atoms with Crippen molar-refractivity contribution in [1.29, 1.82) is 0 Å². The predicted molar refractivity (Wildman–Crippen MR) is 234 cm³/mol. The Bertz CT molecular complexity index is 2470. The average Bonchev–Trinajstić information content (AvgIpc) is 4.09. The zero-order valence-electron chi connectivity index (χ0n) is 36.3. The molecule has 4 amide bonds. The van der Waals surface area contributed by atoms with Gasteiger partial charge in [-0.2, -0.15) is 0 Å². The molecule has 2 saturated heterocycles. The molecule has 0 saturated carbocycles. The van der Waals surface area contributed by atoms with E-state index in [0.29, 0.717) is 6.54 Å². The molecule has 14 heteroatoms. The van der Waals surface area contributed by atoms with Gasteiger partial charge in [-0.1, -0.05) is 58.0 Å². The molecule has 8 rings (SSSR count). The van der Waals surface area contributed by atoms with E-state index in [4.69, 9.17) is 19.4 Å². The second kappa shape index (κ2) is 17.2. The summed E-state index contributed by atoms with van der Waals surface area (Å²) in [5.74, 6) is 1.02. The van der Waals surface area contributed by atoms with Crippen LogP contribution in [0.2, 0.25) is 0 Å². The van der Waals surface area contributed by atoms with Crippen molar-refractivity contribution in [2.75, 3.05) is 20.8 Å². The van der Waals surface area contributed by atoms with Gasteiger partial charge in [-0.3, -0.25) is 9.59 Å². The number of hydrogen-bond acceptors (Lipinski definition) is 8. The van der Waals surface area contributed by atoms with Crippen LogP contribution in [0.1, 0.15) is 108 Å². The van der Waals surface area contributed by atoms with Gasteiger partial charge in [0.05, 0.1) is 49.2 Å². The molecule has 5 atom stereocenters. The SMILES string of the molecule is COC(=O)N[C@H](C(=O)N1CCC[C@H]1c1ncc(-c2ccc(-c3ccc4c(ccc5nc([C@@H]6CC[C@H](C)N6C(=O)[C@@H](NC(=O)OC)C(C)C)[nH]c54)c3)c3c2CCCC3)[nH]1)C(C)C. The highest BCUT2D eigenvalue weighted by molar-refractivity contribution is 6.05. The third kappa shape index (κ3) is 7.92. The van der Waals surface area contributed by atoms with E-state index in [9.17, 15) is 19.2 Å². The smallest absolute Gasteiger partial charge is 0.407 e. The van der Waals surface area contributed by atoms with Gasteiger partial charge in [0.1, 0.15) is 23.7 Å². The minimum absolute atomic E-state index is 0.00692. The number of nitrogens with zero attached hydrogens (tertiary/aromatic N) is 4. The molecule has 0 radical (unpaired) electrons. The van der Waals surface area contributed by atoms with Crippen molar-refractivity contribution in [1.82, 2.24) is 40.4 Å². The number of methoxy groups -OCH3 is 2. The monoisotopic (exact) mass is 830 g/mol. The van der Waals surface area contributed by atoms with Crippen molar-refractivity contribution in [3.8, 4) is 22.4 Å². The Labute approximate surface area is 356 Å². The van der Waals surface area contributed by atoms with E-state index in [0.717, 1.165) is 102 Å². The number of aromatic nitrogens is 4. The molecular formula is C47H58N8O6. The molecule has 3 aliphatic rings. The minimum atomic E-state index is -0.710. The molecule has 3 aromatic carbocycles. The molecule has 0 unspecified atom stereocenters. The lowest BCUT2D eigenvalue weighted by Crippen LogP contribution is -2.52. The van der Waals surface area contributed by atoms with Gasteiger partial charge in [0.2, 0.25) is 11.8 Å². The van der Waals surface area contributed by atoms with Gasteiger partial charge in [0, 0.05) is 23.5 Å². The van der Waals surface area contributed by atoms with Gasteiger partial charge < -0.3 is 39.9 Å². The Morgan fingerprint density at radius 2 is 1.43 bits per heavy atom. The largest absolute Gasteiger partial charge is 0.453 e. The van der Waals surface area contributed by atoms with E-state index in [1.165, 1.54) is 30.9 Å². The van der Waals surface area contributed by atoms with E-state index < -0.39 is 24.3 Å².